The van der Waals surface area contributed by atoms with Gasteiger partial charge in [0.05, 0.1) is 9.26 Å². The van der Waals surface area contributed by atoms with Crippen LogP contribution in [-0.4, -0.2) is 0 Å². The molecule has 0 bridgehead atoms. The summed E-state index contributed by atoms with van der Waals surface area (Å²) in [6.45, 7) is 0. The standard InChI is InChI=1S/C6H7IN2S/c7-6-4(9-8)2-1-3-5(6)10/h1-3,9-10H,8H2. The number of benzene rings is 1. The van der Waals surface area contributed by atoms with Gasteiger partial charge in [0.15, 0.2) is 0 Å². The van der Waals surface area contributed by atoms with E-state index in [-0.39, 0.29) is 0 Å². The van der Waals surface area contributed by atoms with Crippen LogP contribution >= 0.6 is 35.2 Å². The quantitative estimate of drug-likeness (QED) is 0.314. The van der Waals surface area contributed by atoms with Crippen molar-refractivity contribution in [1.82, 2.24) is 0 Å². The molecule has 0 amide bonds. The first-order valence-electron chi connectivity index (χ1n) is 2.70. The van der Waals surface area contributed by atoms with Gasteiger partial charge in [-0.25, -0.2) is 0 Å². The fraction of sp³-hybridized carbons (Fsp3) is 0. The van der Waals surface area contributed by atoms with E-state index in [0.29, 0.717) is 0 Å². The first-order chi connectivity index (χ1) is 4.75. The van der Waals surface area contributed by atoms with Crippen LogP contribution in [-0.2, 0) is 0 Å². The van der Waals surface area contributed by atoms with Crippen LogP contribution in [0.15, 0.2) is 23.1 Å². The van der Waals surface area contributed by atoms with Crippen molar-refractivity contribution in [2.24, 2.45) is 5.84 Å². The predicted molar refractivity (Wildman–Crippen MR) is 54.2 cm³/mol. The third-order valence-electron chi connectivity index (χ3n) is 1.13. The summed E-state index contributed by atoms with van der Waals surface area (Å²) in [5.74, 6) is 5.23. The van der Waals surface area contributed by atoms with E-state index in [0.717, 1.165) is 14.2 Å². The summed E-state index contributed by atoms with van der Waals surface area (Å²) >= 11 is 6.40. The SMILES string of the molecule is NNc1cccc(S)c1I. The lowest BCUT2D eigenvalue weighted by atomic mass is 10.3. The van der Waals surface area contributed by atoms with Gasteiger partial charge in [-0.1, -0.05) is 6.07 Å². The molecule has 0 atom stereocenters. The monoisotopic (exact) mass is 266 g/mol. The molecule has 0 aliphatic heterocycles. The molecule has 0 fully saturated rings. The van der Waals surface area contributed by atoms with Crippen molar-refractivity contribution in [1.29, 1.82) is 0 Å². The second-order valence-corrected chi connectivity index (χ2v) is 3.34. The molecule has 54 valence electrons. The molecule has 0 spiro atoms. The van der Waals surface area contributed by atoms with Crippen molar-refractivity contribution < 1.29 is 0 Å². The Morgan fingerprint density at radius 1 is 1.50 bits per heavy atom. The van der Waals surface area contributed by atoms with E-state index in [4.69, 9.17) is 5.84 Å². The van der Waals surface area contributed by atoms with Crippen molar-refractivity contribution in [3.05, 3.63) is 21.8 Å². The maximum atomic E-state index is 5.23. The summed E-state index contributed by atoms with van der Waals surface area (Å²) in [7, 11) is 0. The van der Waals surface area contributed by atoms with Gasteiger partial charge in [0.1, 0.15) is 0 Å². The highest BCUT2D eigenvalue weighted by Crippen LogP contribution is 2.23. The molecule has 0 aliphatic rings. The van der Waals surface area contributed by atoms with Crippen LogP contribution in [0.4, 0.5) is 5.69 Å². The number of thiol groups is 1. The fourth-order valence-electron chi connectivity index (χ4n) is 0.631. The smallest absolute Gasteiger partial charge is 0.0629 e. The summed E-state index contributed by atoms with van der Waals surface area (Å²) in [5.41, 5.74) is 3.49. The van der Waals surface area contributed by atoms with E-state index in [1.54, 1.807) is 0 Å². The summed E-state index contributed by atoms with van der Waals surface area (Å²) in [5, 5.41) is 0. The largest absolute Gasteiger partial charge is 0.323 e. The van der Waals surface area contributed by atoms with Crippen molar-refractivity contribution in [2.45, 2.75) is 4.90 Å². The van der Waals surface area contributed by atoms with Gasteiger partial charge < -0.3 is 5.43 Å². The number of halogens is 1. The lowest BCUT2D eigenvalue weighted by molar-refractivity contribution is 1.30. The summed E-state index contributed by atoms with van der Waals surface area (Å²) in [6.07, 6.45) is 0. The first kappa shape index (κ1) is 8.16. The fourth-order valence-corrected chi connectivity index (χ4v) is 1.35. The van der Waals surface area contributed by atoms with Gasteiger partial charge in [-0.2, -0.15) is 0 Å². The predicted octanol–water partition coefficient (Wildman–Crippen LogP) is 1.87. The average molecular weight is 266 g/mol. The molecular weight excluding hydrogens is 259 g/mol. The molecule has 3 N–H and O–H groups in total. The minimum absolute atomic E-state index is 0.910. The molecule has 0 heterocycles. The zero-order valence-corrected chi connectivity index (χ0v) is 8.19. The van der Waals surface area contributed by atoms with Gasteiger partial charge in [-0.15, -0.1) is 12.6 Å². The van der Waals surface area contributed by atoms with Gasteiger partial charge in [0.25, 0.3) is 0 Å². The Morgan fingerprint density at radius 2 is 2.20 bits per heavy atom. The molecule has 2 nitrogen and oxygen atoms in total. The first-order valence-corrected chi connectivity index (χ1v) is 4.22. The number of nitrogens with one attached hydrogen (secondary N) is 1. The Morgan fingerprint density at radius 3 is 2.70 bits per heavy atom. The van der Waals surface area contributed by atoms with Crippen LogP contribution in [0.3, 0.4) is 0 Å². The summed E-state index contributed by atoms with van der Waals surface area (Å²) < 4.78 is 1.05. The lowest BCUT2D eigenvalue weighted by Crippen LogP contribution is -2.08. The summed E-state index contributed by atoms with van der Waals surface area (Å²) in [6, 6.07) is 5.73. The number of hydrogen-bond donors (Lipinski definition) is 3. The van der Waals surface area contributed by atoms with Crippen molar-refractivity contribution in [2.75, 3.05) is 5.43 Å². The molecule has 0 saturated heterocycles. The van der Waals surface area contributed by atoms with Crippen molar-refractivity contribution >= 4 is 40.9 Å². The van der Waals surface area contributed by atoms with Gasteiger partial charge in [0, 0.05) is 4.90 Å². The Bertz CT molecular complexity index is 239. The number of hydrazine groups is 1. The van der Waals surface area contributed by atoms with Gasteiger partial charge in [-0.3, -0.25) is 5.84 Å². The molecular formula is C6H7IN2S. The Balaban J connectivity index is 3.14. The lowest BCUT2D eigenvalue weighted by Gasteiger charge is -2.03. The maximum absolute atomic E-state index is 5.23. The van der Waals surface area contributed by atoms with E-state index in [9.17, 15) is 0 Å². The van der Waals surface area contributed by atoms with Crippen molar-refractivity contribution in [3.63, 3.8) is 0 Å². The van der Waals surface area contributed by atoms with Crippen molar-refractivity contribution in [3.8, 4) is 0 Å². The van der Waals surface area contributed by atoms with Crippen LogP contribution in [0.25, 0.3) is 0 Å². The van der Waals surface area contributed by atoms with E-state index in [2.05, 4.69) is 40.6 Å². The molecule has 4 heteroatoms. The number of hydrogen-bond acceptors (Lipinski definition) is 3. The molecule has 0 aliphatic carbocycles. The minimum Gasteiger partial charge on any atom is -0.323 e. The molecule has 0 saturated carbocycles. The van der Waals surface area contributed by atoms with E-state index < -0.39 is 0 Å². The molecule has 1 aromatic carbocycles. The molecule has 1 aromatic rings. The molecule has 0 aromatic heterocycles. The summed E-state index contributed by atoms with van der Waals surface area (Å²) in [4.78, 5) is 0.941. The third kappa shape index (κ3) is 1.56. The zero-order chi connectivity index (χ0) is 7.56. The Labute approximate surface area is 78.7 Å². The highest BCUT2D eigenvalue weighted by Gasteiger charge is 1.98. The number of nitrogen functional groups attached to an aromatic ring is 1. The average Bonchev–Trinajstić information content (AvgIpc) is 1.95. The second-order valence-electron chi connectivity index (χ2n) is 1.78. The maximum Gasteiger partial charge on any atom is 0.0629 e. The molecule has 0 radical (unpaired) electrons. The highest BCUT2D eigenvalue weighted by atomic mass is 127. The molecule has 1 rings (SSSR count). The molecule has 0 unspecified atom stereocenters. The Kier molecular flexibility index (Phi) is 2.82. The molecule has 10 heavy (non-hydrogen) atoms. The Hall–Kier alpha value is 0.0600. The van der Waals surface area contributed by atoms with Gasteiger partial charge >= 0.3 is 0 Å². The van der Waals surface area contributed by atoms with E-state index in [1.807, 2.05) is 18.2 Å². The normalized spacial score (nSPS) is 9.50. The number of anilines is 1. The van der Waals surface area contributed by atoms with Crippen LogP contribution in [0, 0.1) is 3.57 Å². The number of nitrogens with two attached hydrogens (primary N) is 1. The van der Waals surface area contributed by atoms with Crippen LogP contribution in [0.5, 0.6) is 0 Å². The highest BCUT2D eigenvalue weighted by molar-refractivity contribution is 14.1. The van der Waals surface area contributed by atoms with Gasteiger partial charge in [0.2, 0.25) is 0 Å². The van der Waals surface area contributed by atoms with E-state index in [1.165, 1.54) is 0 Å². The minimum atomic E-state index is 0.910. The van der Waals surface area contributed by atoms with Gasteiger partial charge in [-0.05, 0) is 34.7 Å². The van der Waals surface area contributed by atoms with Crippen LogP contribution in [0.1, 0.15) is 0 Å². The van der Waals surface area contributed by atoms with Crippen LogP contribution < -0.4 is 11.3 Å². The van der Waals surface area contributed by atoms with Crippen LogP contribution in [0.2, 0.25) is 0 Å². The van der Waals surface area contributed by atoms with E-state index >= 15 is 0 Å². The number of rotatable bonds is 1. The zero-order valence-electron chi connectivity index (χ0n) is 5.13. The third-order valence-corrected chi connectivity index (χ3v) is 3.10. The topological polar surface area (TPSA) is 38.0 Å². The second kappa shape index (κ2) is 3.45.